The van der Waals surface area contributed by atoms with Crippen LogP contribution >= 0.6 is 11.8 Å². The fourth-order valence-corrected chi connectivity index (χ4v) is 4.05. The lowest BCUT2D eigenvalue weighted by Gasteiger charge is -2.18. The molecule has 1 aliphatic heterocycles. The van der Waals surface area contributed by atoms with Crippen LogP contribution in [-0.4, -0.2) is 60.0 Å². The minimum atomic E-state index is -0.579. The third-order valence-corrected chi connectivity index (χ3v) is 5.98. The number of amides is 2. The second-order valence-corrected chi connectivity index (χ2v) is 8.99. The highest BCUT2D eigenvalue weighted by molar-refractivity contribution is 8.15. The van der Waals surface area contributed by atoms with Crippen molar-refractivity contribution in [2.24, 2.45) is 0 Å². The van der Waals surface area contributed by atoms with E-state index < -0.39 is 6.10 Å². The Hall–Kier alpha value is -2.39. The molecule has 3 atom stereocenters. The van der Waals surface area contributed by atoms with E-state index in [-0.39, 0.29) is 29.0 Å². The molecule has 2 amide bonds. The Kier molecular flexibility index (Phi) is 9.55. The summed E-state index contributed by atoms with van der Waals surface area (Å²) >= 11 is 1.03. The zero-order valence-electron chi connectivity index (χ0n) is 18.2. The summed E-state index contributed by atoms with van der Waals surface area (Å²) in [5.41, 5.74) is 2.19. The first-order valence-corrected chi connectivity index (χ1v) is 11.6. The highest BCUT2D eigenvalue weighted by Gasteiger charge is 2.31. The topological polar surface area (TPSA) is 96.9 Å². The average Bonchev–Trinajstić information content (AvgIpc) is 3.12. The molecule has 0 aromatic heterocycles. The molecule has 172 valence electrons. The number of hydrogen-bond acceptors (Lipinski definition) is 7. The molecule has 1 aliphatic rings. The summed E-state index contributed by atoms with van der Waals surface area (Å²) < 4.78 is 11.4. The number of carbonyl (C=O) groups excluding carboxylic acids is 2. The number of aliphatic hydroxyl groups excluding tert-OH is 1. The van der Waals surface area contributed by atoms with Crippen LogP contribution in [0.25, 0.3) is 0 Å². The zero-order valence-corrected chi connectivity index (χ0v) is 19.0. The first-order valence-electron chi connectivity index (χ1n) is 10.8. The van der Waals surface area contributed by atoms with Gasteiger partial charge < -0.3 is 19.9 Å². The van der Waals surface area contributed by atoms with Gasteiger partial charge in [-0.15, -0.1) is 0 Å². The lowest BCUT2D eigenvalue weighted by atomic mass is 10.1. The monoisotopic (exact) mass is 458 g/mol. The van der Waals surface area contributed by atoms with Crippen LogP contribution in [0.4, 0.5) is 4.79 Å². The minimum absolute atomic E-state index is 0.0539. The van der Waals surface area contributed by atoms with Crippen LogP contribution in [0.2, 0.25) is 0 Å². The van der Waals surface area contributed by atoms with E-state index in [0.29, 0.717) is 26.2 Å². The molecule has 0 radical (unpaired) electrons. The smallest absolute Gasteiger partial charge is 0.286 e. The van der Waals surface area contributed by atoms with Crippen LogP contribution in [0.15, 0.2) is 54.6 Å². The molecule has 0 saturated carbocycles. The lowest BCUT2D eigenvalue weighted by Crippen LogP contribution is -2.39. The molecular weight excluding hydrogens is 428 g/mol. The Morgan fingerprint density at radius 1 is 1.06 bits per heavy atom. The Bertz CT molecular complexity index is 862. The molecule has 0 bridgehead atoms. The van der Waals surface area contributed by atoms with E-state index in [2.05, 4.69) is 22.8 Å². The normalized spacial score (nSPS) is 17.8. The lowest BCUT2D eigenvalue weighted by molar-refractivity contribution is -0.118. The predicted molar refractivity (Wildman–Crippen MR) is 125 cm³/mol. The van der Waals surface area contributed by atoms with E-state index in [0.717, 1.165) is 29.5 Å². The van der Waals surface area contributed by atoms with Gasteiger partial charge in [0.2, 0.25) is 5.91 Å². The molecule has 8 heteroatoms. The highest BCUT2D eigenvalue weighted by atomic mass is 32.2. The van der Waals surface area contributed by atoms with Crippen molar-refractivity contribution in [1.82, 2.24) is 10.6 Å². The molecule has 0 aliphatic carbocycles. The Morgan fingerprint density at radius 3 is 2.50 bits per heavy atom. The van der Waals surface area contributed by atoms with Gasteiger partial charge >= 0.3 is 0 Å². The second kappa shape index (κ2) is 12.6. The number of thioether (sulfide) groups is 1. The number of rotatable bonds is 13. The summed E-state index contributed by atoms with van der Waals surface area (Å²) in [4.78, 5) is 22.9. The molecule has 0 spiro atoms. The van der Waals surface area contributed by atoms with Gasteiger partial charge in [-0.1, -0.05) is 54.2 Å². The first-order chi connectivity index (χ1) is 15.5. The molecule has 1 fully saturated rings. The molecule has 2 aromatic rings. The van der Waals surface area contributed by atoms with Crippen LogP contribution in [0.1, 0.15) is 18.1 Å². The van der Waals surface area contributed by atoms with E-state index in [4.69, 9.17) is 9.47 Å². The summed E-state index contributed by atoms with van der Waals surface area (Å²) in [5, 5.41) is 15.0. The van der Waals surface area contributed by atoms with Gasteiger partial charge in [-0.3, -0.25) is 14.9 Å². The molecule has 7 nitrogen and oxygen atoms in total. The third kappa shape index (κ3) is 8.27. The van der Waals surface area contributed by atoms with Gasteiger partial charge in [0.15, 0.2) is 0 Å². The van der Waals surface area contributed by atoms with Gasteiger partial charge in [0.05, 0.1) is 24.6 Å². The van der Waals surface area contributed by atoms with Crippen molar-refractivity contribution in [1.29, 1.82) is 0 Å². The Labute approximate surface area is 192 Å². The van der Waals surface area contributed by atoms with Crippen LogP contribution in [-0.2, 0) is 22.4 Å². The van der Waals surface area contributed by atoms with E-state index in [9.17, 15) is 14.7 Å². The zero-order chi connectivity index (χ0) is 22.8. The van der Waals surface area contributed by atoms with Crippen LogP contribution in [0, 0.1) is 0 Å². The molecule has 3 N–H and O–H groups in total. The van der Waals surface area contributed by atoms with Gasteiger partial charge in [0.1, 0.15) is 12.4 Å². The van der Waals surface area contributed by atoms with Crippen LogP contribution in [0.5, 0.6) is 5.75 Å². The Balaban J connectivity index is 1.27. The van der Waals surface area contributed by atoms with Gasteiger partial charge in [-0.05, 0) is 43.0 Å². The molecule has 2 aromatic carbocycles. The van der Waals surface area contributed by atoms with E-state index >= 15 is 0 Å². The van der Waals surface area contributed by atoms with Crippen LogP contribution < -0.4 is 15.4 Å². The average molecular weight is 459 g/mol. The number of nitrogens with one attached hydrogen (secondary N) is 2. The molecule has 3 rings (SSSR count). The Morgan fingerprint density at radius 2 is 1.81 bits per heavy atom. The number of ether oxygens (including phenoxy) is 2. The quantitative estimate of drug-likeness (QED) is 0.397. The fraction of sp³-hybridized carbons (Fsp3) is 0.417. The number of carbonyl (C=O) groups is 2. The number of hydrogen-bond donors (Lipinski definition) is 3. The van der Waals surface area contributed by atoms with Crippen LogP contribution in [0.3, 0.4) is 0 Å². The standard InChI is InChI=1S/C24H30N2O5S/c1-17(25-14-20(27)16-30-12-11-18-5-3-2-4-6-18)15-31-21-9-7-19(8-10-21)13-22-23(28)26-24(29)32-22/h2-10,17,20,22,25,27H,11-16H2,1H3,(H,26,28,29). The maximum Gasteiger partial charge on any atom is 0.286 e. The second-order valence-electron chi connectivity index (χ2n) is 7.82. The number of imide groups is 1. The largest absolute Gasteiger partial charge is 0.492 e. The molecule has 1 saturated heterocycles. The van der Waals surface area contributed by atoms with E-state index in [1.807, 2.05) is 49.4 Å². The van der Waals surface area contributed by atoms with Crippen molar-refractivity contribution in [3.05, 3.63) is 65.7 Å². The minimum Gasteiger partial charge on any atom is -0.492 e. The third-order valence-electron chi connectivity index (χ3n) is 5.00. The van der Waals surface area contributed by atoms with Crippen molar-refractivity contribution in [3.63, 3.8) is 0 Å². The molecular formula is C24H30N2O5S. The predicted octanol–water partition coefficient (Wildman–Crippen LogP) is 2.56. The van der Waals surface area contributed by atoms with Gasteiger partial charge in [-0.2, -0.15) is 0 Å². The number of aliphatic hydroxyl groups is 1. The maximum atomic E-state index is 11.7. The number of benzene rings is 2. The highest BCUT2D eigenvalue weighted by Crippen LogP contribution is 2.23. The summed E-state index contributed by atoms with van der Waals surface area (Å²) in [6.45, 7) is 3.74. The van der Waals surface area contributed by atoms with Crippen molar-refractivity contribution in [3.8, 4) is 5.75 Å². The van der Waals surface area contributed by atoms with Gasteiger partial charge in [0.25, 0.3) is 5.24 Å². The van der Waals surface area contributed by atoms with Crippen molar-refractivity contribution < 1.29 is 24.2 Å². The molecule has 3 unspecified atom stereocenters. The van der Waals surface area contributed by atoms with Crippen molar-refractivity contribution in [2.45, 2.75) is 37.2 Å². The summed E-state index contributed by atoms with van der Waals surface area (Å²) in [5.74, 6) is 0.496. The maximum absolute atomic E-state index is 11.7. The van der Waals surface area contributed by atoms with E-state index in [1.54, 1.807) is 0 Å². The van der Waals surface area contributed by atoms with Crippen molar-refractivity contribution >= 4 is 22.9 Å². The SMILES string of the molecule is CC(COc1ccc(CC2SC(=O)NC2=O)cc1)NCC(O)COCCc1ccccc1. The molecule has 1 heterocycles. The van der Waals surface area contributed by atoms with Gasteiger partial charge in [-0.25, -0.2) is 0 Å². The first kappa shape index (κ1) is 24.3. The van der Waals surface area contributed by atoms with Crippen molar-refractivity contribution in [2.75, 3.05) is 26.4 Å². The van der Waals surface area contributed by atoms with E-state index in [1.165, 1.54) is 5.56 Å². The molecule has 32 heavy (non-hydrogen) atoms. The summed E-state index contributed by atoms with van der Waals surface area (Å²) in [7, 11) is 0. The fourth-order valence-electron chi connectivity index (χ4n) is 3.19. The van der Waals surface area contributed by atoms with Gasteiger partial charge in [0, 0.05) is 12.6 Å². The summed E-state index contributed by atoms with van der Waals surface area (Å²) in [6, 6.07) is 17.7. The summed E-state index contributed by atoms with van der Waals surface area (Å²) in [6.07, 6.45) is 0.755.